The minimum atomic E-state index is -0.441. The highest BCUT2D eigenvalue weighted by molar-refractivity contribution is 7.15. The Hall–Kier alpha value is -2.21. The zero-order valence-electron chi connectivity index (χ0n) is 13.9. The number of rotatable bonds is 6. The van der Waals surface area contributed by atoms with E-state index in [4.69, 9.17) is 4.74 Å². The Morgan fingerprint density at radius 2 is 1.92 bits per heavy atom. The van der Waals surface area contributed by atoms with Crippen LogP contribution in [0, 0.1) is 11.7 Å². The van der Waals surface area contributed by atoms with Gasteiger partial charge in [0.15, 0.2) is 0 Å². The molecular formula is C18H20FNO3S. The molecule has 1 aromatic carbocycles. The van der Waals surface area contributed by atoms with Crippen LogP contribution in [0.4, 0.5) is 9.39 Å². The number of thiophene rings is 1. The van der Waals surface area contributed by atoms with Gasteiger partial charge in [-0.25, -0.2) is 9.18 Å². The van der Waals surface area contributed by atoms with Crippen molar-refractivity contribution in [3.63, 3.8) is 0 Å². The number of hydrogen-bond acceptors (Lipinski definition) is 4. The van der Waals surface area contributed by atoms with E-state index in [1.807, 2.05) is 5.38 Å². The minimum Gasteiger partial charge on any atom is -0.462 e. The molecule has 2 rings (SSSR count). The highest BCUT2D eigenvalue weighted by Crippen LogP contribution is 2.31. The molecule has 0 bridgehead atoms. The SMILES string of the molecule is CCOC(=O)c1c(CC(C)C)csc1NC(=O)c1ccc(F)cc1. The number of carbonyl (C=O) groups is 2. The fourth-order valence-electron chi connectivity index (χ4n) is 2.28. The maximum atomic E-state index is 13.0. The van der Waals surface area contributed by atoms with E-state index in [-0.39, 0.29) is 6.61 Å². The quantitative estimate of drug-likeness (QED) is 0.781. The molecule has 1 amide bonds. The fraction of sp³-hybridized carbons (Fsp3) is 0.333. The molecule has 0 unspecified atom stereocenters. The van der Waals surface area contributed by atoms with Gasteiger partial charge < -0.3 is 10.1 Å². The first-order valence-electron chi connectivity index (χ1n) is 7.76. The fourth-order valence-corrected chi connectivity index (χ4v) is 3.24. The van der Waals surface area contributed by atoms with Crippen LogP contribution in [0.3, 0.4) is 0 Å². The van der Waals surface area contributed by atoms with Gasteiger partial charge in [-0.15, -0.1) is 11.3 Å². The van der Waals surface area contributed by atoms with Crippen LogP contribution >= 0.6 is 11.3 Å². The molecule has 0 spiro atoms. The second-order valence-electron chi connectivity index (χ2n) is 5.74. The lowest BCUT2D eigenvalue weighted by atomic mass is 10.0. The lowest BCUT2D eigenvalue weighted by Gasteiger charge is -2.10. The summed E-state index contributed by atoms with van der Waals surface area (Å²) >= 11 is 1.29. The predicted molar refractivity (Wildman–Crippen MR) is 93.2 cm³/mol. The number of amides is 1. The summed E-state index contributed by atoms with van der Waals surface area (Å²) in [5, 5.41) is 5.06. The Bertz CT molecular complexity index is 722. The number of nitrogens with one attached hydrogen (secondary N) is 1. The molecule has 1 aromatic heterocycles. The molecule has 24 heavy (non-hydrogen) atoms. The molecule has 128 valence electrons. The highest BCUT2D eigenvalue weighted by atomic mass is 32.1. The van der Waals surface area contributed by atoms with Crippen LogP contribution in [0.25, 0.3) is 0 Å². The topological polar surface area (TPSA) is 55.4 Å². The number of carbonyl (C=O) groups excluding carboxylic acids is 2. The zero-order valence-corrected chi connectivity index (χ0v) is 14.7. The first-order valence-corrected chi connectivity index (χ1v) is 8.64. The van der Waals surface area contributed by atoms with Crippen molar-refractivity contribution in [1.29, 1.82) is 0 Å². The van der Waals surface area contributed by atoms with Crippen LogP contribution in [-0.4, -0.2) is 18.5 Å². The second kappa shape index (κ2) is 8.06. The summed E-state index contributed by atoms with van der Waals surface area (Å²) in [4.78, 5) is 24.6. The first kappa shape index (κ1) is 18.1. The normalized spacial score (nSPS) is 10.7. The van der Waals surface area contributed by atoms with E-state index >= 15 is 0 Å². The Morgan fingerprint density at radius 1 is 1.25 bits per heavy atom. The largest absolute Gasteiger partial charge is 0.462 e. The molecule has 1 N–H and O–H groups in total. The monoisotopic (exact) mass is 349 g/mol. The lowest BCUT2D eigenvalue weighted by Crippen LogP contribution is -2.15. The standard InChI is InChI=1S/C18H20FNO3S/c1-4-23-18(22)15-13(9-11(2)3)10-24-17(15)20-16(21)12-5-7-14(19)8-6-12/h5-8,10-11H,4,9H2,1-3H3,(H,20,21). The number of hydrogen-bond donors (Lipinski definition) is 1. The van der Waals surface area contributed by atoms with E-state index in [9.17, 15) is 14.0 Å². The van der Waals surface area contributed by atoms with Gasteiger partial charge in [-0.2, -0.15) is 0 Å². The van der Waals surface area contributed by atoms with E-state index in [1.165, 1.54) is 35.6 Å². The third kappa shape index (κ3) is 4.41. The van der Waals surface area contributed by atoms with Gasteiger partial charge in [-0.05, 0) is 54.5 Å². The van der Waals surface area contributed by atoms with E-state index in [0.29, 0.717) is 22.0 Å². The van der Waals surface area contributed by atoms with E-state index < -0.39 is 17.7 Å². The number of esters is 1. The van der Waals surface area contributed by atoms with Crippen LogP contribution in [0.2, 0.25) is 0 Å². The van der Waals surface area contributed by atoms with Crippen LogP contribution in [0.5, 0.6) is 0 Å². The van der Waals surface area contributed by atoms with Crippen molar-refractivity contribution in [2.75, 3.05) is 11.9 Å². The van der Waals surface area contributed by atoms with Gasteiger partial charge in [-0.3, -0.25) is 4.79 Å². The van der Waals surface area contributed by atoms with Crippen LogP contribution in [0.15, 0.2) is 29.6 Å². The molecule has 4 nitrogen and oxygen atoms in total. The average Bonchev–Trinajstić information content (AvgIpc) is 2.89. The van der Waals surface area contributed by atoms with Crippen LogP contribution < -0.4 is 5.32 Å². The lowest BCUT2D eigenvalue weighted by molar-refractivity contribution is 0.0527. The zero-order chi connectivity index (χ0) is 17.7. The number of benzene rings is 1. The van der Waals surface area contributed by atoms with E-state index in [2.05, 4.69) is 19.2 Å². The van der Waals surface area contributed by atoms with Gasteiger partial charge in [0.1, 0.15) is 10.8 Å². The highest BCUT2D eigenvalue weighted by Gasteiger charge is 2.22. The predicted octanol–water partition coefficient (Wildman–Crippen LogP) is 4.51. The molecule has 2 aromatic rings. The van der Waals surface area contributed by atoms with Crippen molar-refractivity contribution >= 4 is 28.2 Å². The smallest absolute Gasteiger partial charge is 0.341 e. The van der Waals surface area contributed by atoms with Gasteiger partial charge in [-0.1, -0.05) is 13.8 Å². The molecule has 0 atom stereocenters. The van der Waals surface area contributed by atoms with E-state index in [1.54, 1.807) is 6.92 Å². The molecule has 0 saturated heterocycles. The van der Waals surface area contributed by atoms with Gasteiger partial charge >= 0.3 is 5.97 Å². The summed E-state index contributed by atoms with van der Waals surface area (Å²) in [5.41, 5.74) is 1.60. The van der Waals surface area contributed by atoms with Crippen molar-refractivity contribution in [2.24, 2.45) is 5.92 Å². The maximum Gasteiger partial charge on any atom is 0.341 e. The van der Waals surface area contributed by atoms with Crippen LogP contribution in [0.1, 0.15) is 47.1 Å². The Balaban J connectivity index is 2.28. The minimum absolute atomic E-state index is 0.265. The van der Waals surface area contributed by atoms with Gasteiger partial charge in [0.2, 0.25) is 0 Å². The Kier molecular flexibility index (Phi) is 6.09. The van der Waals surface area contributed by atoms with Gasteiger partial charge in [0, 0.05) is 5.56 Å². The number of halogens is 1. The van der Waals surface area contributed by atoms with Crippen molar-refractivity contribution in [2.45, 2.75) is 27.2 Å². The first-order chi connectivity index (χ1) is 11.4. The van der Waals surface area contributed by atoms with Crippen molar-refractivity contribution < 1.29 is 18.7 Å². The maximum absolute atomic E-state index is 13.0. The van der Waals surface area contributed by atoms with Crippen molar-refractivity contribution in [3.8, 4) is 0 Å². The molecule has 1 heterocycles. The van der Waals surface area contributed by atoms with Gasteiger partial charge in [0.05, 0.1) is 12.2 Å². The molecule has 0 fully saturated rings. The second-order valence-corrected chi connectivity index (χ2v) is 6.62. The summed E-state index contributed by atoms with van der Waals surface area (Å²) in [6.07, 6.45) is 0.719. The summed E-state index contributed by atoms with van der Waals surface area (Å²) < 4.78 is 18.1. The number of anilines is 1. The summed E-state index contributed by atoms with van der Waals surface area (Å²) in [7, 11) is 0. The van der Waals surface area contributed by atoms with Crippen molar-refractivity contribution in [1.82, 2.24) is 0 Å². The van der Waals surface area contributed by atoms with Crippen molar-refractivity contribution in [3.05, 3.63) is 52.2 Å². The molecule has 0 aliphatic carbocycles. The molecule has 0 saturated carbocycles. The molecular weight excluding hydrogens is 329 g/mol. The molecule has 0 radical (unpaired) electrons. The van der Waals surface area contributed by atoms with Gasteiger partial charge in [0.25, 0.3) is 5.91 Å². The summed E-state index contributed by atoms with van der Waals surface area (Å²) in [6, 6.07) is 5.24. The molecule has 0 aliphatic rings. The summed E-state index contributed by atoms with van der Waals surface area (Å²) in [5.74, 6) is -0.871. The van der Waals surface area contributed by atoms with Crippen LogP contribution in [-0.2, 0) is 11.2 Å². The Labute approximate surface area is 144 Å². The number of ether oxygens (including phenoxy) is 1. The molecule has 6 heteroatoms. The third-order valence-electron chi connectivity index (χ3n) is 3.31. The molecule has 0 aliphatic heterocycles. The summed E-state index contributed by atoms with van der Waals surface area (Å²) in [6.45, 7) is 6.12. The van der Waals surface area contributed by atoms with E-state index in [0.717, 1.165) is 12.0 Å². The third-order valence-corrected chi connectivity index (χ3v) is 4.25. The Morgan fingerprint density at radius 3 is 2.50 bits per heavy atom. The average molecular weight is 349 g/mol.